The van der Waals surface area contributed by atoms with Gasteiger partial charge in [0.2, 0.25) is 0 Å². The molecule has 1 unspecified atom stereocenters. The fraction of sp³-hybridized carbons (Fsp3) is 1.00. The first-order valence-corrected chi connectivity index (χ1v) is 3.71. The normalized spacial score (nSPS) is 33.9. The molecule has 2 N–H and O–H groups in total. The predicted molar refractivity (Wildman–Crippen MR) is 37.6 cm³/mol. The molecule has 0 aliphatic heterocycles. The fourth-order valence-electron chi connectivity index (χ4n) is 0.948. The van der Waals surface area contributed by atoms with Crippen LogP contribution in [0, 0.1) is 5.92 Å². The molecule has 0 spiro atoms. The summed E-state index contributed by atoms with van der Waals surface area (Å²) in [4.78, 5) is 0. The summed E-state index contributed by atoms with van der Waals surface area (Å²) in [6, 6.07) is 0.529. The molecule has 2 nitrogen and oxygen atoms in total. The Balaban J connectivity index is 1.95. The first-order valence-electron chi connectivity index (χ1n) is 3.71. The van der Waals surface area contributed by atoms with Crippen LogP contribution in [0.5, 0.6) is 0 Å². The van der Waals surface area contributed by atoms with Crippen molar-refractivity contribution in [3.63, 3.8) is 0 Å². The van der Waals surface area contributed by atoms with Crippen LogP contribution in [0.2, 0.25) is 0 Å². The van der Waals surface area contributed by atoms with Gasteiger partial charge in [0.15, 0.2) is 0 Å². The lowest BCUT2D eigenvalue weighted by atomic mass is 10.4. The van der Waals surface area contributed by atoms with Gasteiger partial charge >= 0.3 is 0 Å². The van der Waals surface area contributed by atoms with Gasteiger partial charge in [-0.1, -0.05) is 6.92 Å². The molecule has 3 atom stereocenters. The Morgan fingerprint density at radius 1 is 1.80 bits per heavy atom. The Morgan fingerprint density at radius 2 is 2.40 bits per heavy atom. The summed E-state index contributed by atoms with van der Waals surface area (Å²) in [7, 11) is 0. The summed E-state index contributed by atoms with van der Waals surface area (Å²) in [6.45, 7) is 1.89. The molecular weight excluding hydrogens is 133 g/mol. The van der Waals surface area contributed by atoms with E-state index in [9.17, 15) is 4.39 Å². The van der Waals surface area contributed by atoms with Gasteiger partial charge < -0.3 is 10.4 Å². The maximum absolute atomic E-state index is 11.7. The van der Waals surface area contributed by atoms with Gasteiger partial charge in [-0.05, 0) is 12.3 Å². The Kier molecular flexibility index (Phi) is 2.63. The highest BCUT2D eigenvalue weighted by Gasteiger charge is 2.31. The van der Waals surface area contributed by atoms with E-state index in [2.05, 4.69) is 12.2 Å². The van der Waals surface area contributed by atoms with Gasteiger partial charge in [-0.3, -0.25) is 0 Å². The van der Waals surface area contributed by atoms with Crippen LogP contribution in [0.15, 0.2) is 0 Å². The third-order valence-electron chi connectivity index (χ3n) is 1.90. The number of rotatable bonds is 4. The first kappa shape index (κ1) is 7.95. The molecule has 1 aliphatic rings. The standard InChI is InChI=1S/C7H14FNO/c1-5-2-7(5)9-4-6(10)3-8/h5-7,9-10H,2-4H2,1H3/t5-,6?,7-/m1/s1. The fourth-order valence-corrected chi connectivity index (χ4v) is 0.948. The van der Waals surface area contributed by atoms with E-state index >= 15 is 0 Å². The van der Waals surface area contributed by atoms with Crippen LogP contribution in [0.4, 0.5) is 4.39 Å². The van der Waals surface area contributed by atoms with Gasteiger partial charge in [0.1, 0.15) is 6.67 Å². The van der Waals surface area contributed by atoms with E-state index < -0.39 is 12.8 Å². The highest BCUT2D eigenvalue weighted by atomic mass is 19.1. The minimum Gasteiger partial charge on any atom is -0.389 e. The highest BCUT2D eigenvalue weighted by Crippen LogP contribution is 2.28. The maximum atomic E-state index is 11.7. The monoisotopic (exact) mass is 147 g/mol. The molecule has 60 valence electrons. The molecule has 0 heterocycles. The SMILES string of the molecule is C[C@@H]1C[C@H]1NCC(O)CF. The lowest BCUT2D eigenvalue weighted by Gasteiger charge is -2.06. The molecule has 1 rings (SSSR count). The largest absolute Gasteiger partial charge is 0.389 e. The second kappa shape index (κ2) is 3.30. The van der Waals surface area contributed by atoms with Crippen LogP contribution in [0.25, 0.3) is 0 Å². The van der Waals surface area contributed by atoms with Crippen molar-refractivity contribution in [3.05, 3.63) is 0 Å². The molecule has 0 saturated heterocycles. The lowest BCUT2D eigenvalue weighted by Crippen LogP contribution is -2.30. The molecular formula is C7H14FNO. The van der Waals surface area contributed by atoms with Crippen LogP contribution < -0.4 is 5.32 Å². The van der Waals surface area contributed by atoms with Gasteiger partial charge in [0.25, 0.3) is 0 Å². The van der Waals surface area contributed by atoms with E-state index in [0.717, 1.165) is 0 Å². The number of aliphatic hydroxyl groups is 1. The second-order valence-electron chi connectivity index (χ2n) is 3.04. The van der Waals surface area contributed by atoms with E-state index in [1.165, 1.54) is 6.42 Å². The summed E-state index contributed by atoms with van der Waals surface area (Å²) >= 11 is 0. The molecule has 0 amide bonds. The van der Waals surface area contributed by atoms with Gasteiger partial charge in [-0.15, -0.1) is 0 Å². The number of hydrogen-bond donors (Lipinski definition) is 2. The minimum atomic E-state index is -0.812. The summed E-state index contributed by atoms with van der Waals surface area (Å²) in [5.74, 6) is 0.715. The number of aliphatic hydroxyl groups excluding tert-OH is 1. The Hall–Kier alpha value is -0.150. The molecule has 1 saturated carbocycles. The van der Waals surface area contributed by atoms with Crippen molar-refractivity contribution in [2.45, 2.75) is 25.5 Å². The number of hydrogen-bond acceptors (Lipinski definition) is 2. The van der Waals surface area contributed by atoms with Crippen molar-refractivity contribution < 1.29 is 9.50 Å². The van der Waals surface area contributed by atoms with Gasteiger partial charge in [-0.25, -0.2) is 4.39 Å². The van der Waals surface area contributed by atoms with Crippen molar-refractivity contribution >= 4 is 0 Å². The topological polar surface area (TPSA) is 32.3 Å². The zero-order chi connectivity index (χ0) is 7.56. The van der Waals surface area contributed by atoms with Gasteiger partial charge in [-0.2, -0.15) is 0 Å². The Labute approximate surface area is 60.4 Å². The number of nitrogens with one attached hydrogen (secondary N) is 1. The molecule has 1 fully saturated rings. The molecule has 10 heavy (non-hydrogen) atoms. The summed E-state index contributed by atoms with van der Waals surface area (Å²) in [5.41, 5.74) is 0. The third kappa shape index (κ3) is 2.23. The third-order valence-corrected chi connectivity index (χ3v) is 1.90. The van der Waals surface area contributed by atoms with E-state index in [1.807, 2.05) is 0 Å². The molecule has 0 radical (unpaired) electrons. The van der Waals surface area contributed by atoms with Crippen molar-refractivity contribution in [3.8, 4) is 0 Å². The molecule has 1 aliphatic carbocycles. The highest BCUT2D eigenvalue weighted by molar-refractivity contribution is 4.89. The van der Waals surface area contributed by atoms with E-state index in [-0.39, 0.29) is 0 Å². The molecule has 3 heteroatoms. The van der Waals surface area contributed by atoms with E-state index in [0.29, 0.717) is 18.5 Å². The molecule has 0 bridgehead atoms. The van der Waals surface area contributed by atoms with Crippen LogP contribution in [-0.2, 0) is 0 Å². The predicted octanol–water partition coefficient (Wildman–Crippen LogP) is 0.315. The summed E-state index contributed by atoms with van der Waals surface area (Å²) < 4.78 is 11.7. The summed E-state index contributed by atoms with van der Waals surface area (Å²) in [5, 5.41) is 11.9. The minimum absolute atomic E-state index is 0.394. The van der Waals surface area contributed by atoms with Crippen molar-refractivity contribution in [1.82, 2.24) is 5.32 Å². The summed E-state index contributed by atoms with van der Waals surface area (Å²) in [6.07, 6.45) is 0.353. The van der Waals surface area contributed by atoms with Crippen molar-refractivity contribution in [2.24, 2.45) is 5.92 Å². The zero-order valence-electron chi connectivity index (χ0n) is 6.18. The number of alkyl halides is 1. The van der Waals surface area contributed by atoms with E-state index in [4.69, 9.17) is 5.11 Å². The molecule has 0 aromatic rings. The maximum Gasteiger partial charge on any atom is 0.117 e. The van der Waals surface area contributed by atoms with E-state index in [1.54, 1.807) is 0 Å². The van der Waals surface area contributed by atoms with Crippen LogP contribution in [0.3, 0.4) is 0 Å². The van der Waals surface area contributed by atoms with Gasteiger partial charge in [0, 0.05) is 12.6 Å². The smallest absolute Gasteiger partial charge is 0.117 e. The lowest BCUT2D eigenvalue weighted by molar-refractivity contribution is 0.137. The van der Waals surface area contributed by atoms with Crippen LogP contribution >= 0.6 is 0 Å². The van der Waals surface area contributed by atoms with Crippen LogP contribution in [-0.4, -0.2) is 30.5 Å². The molecule has 0 aromatic heterocycles. The van der Waals surface area contributed by atoms with Crippen molar-refractivity contribution in [2.75, 3.05) is 13.2 Å². The quantitative estimate of drug-likeness (QED) is 0.600. The Morgan fingerprint density at radius 3 is 2.80 bits per heavy atom. The van der Waals surface area contributed by atoms with Gasteiger partial charge in [0.05, 0.1) is 6.10 Å². The average Bonchev–Trinajstić information content (AvgIpc) is 2.61. The first-order chi connectivity index (χ1) is 4.74. The second-order valence-corrected chi connectivity index (χ2v) is 3.04. The average molecular weight is 147 g/mol. The number of halogens is 1. The Bertz CT molecular complexity index is 106. The van der Waals surface area contributed by atoms with Crippen LogP contribution in [0.1, 0.15) is 13.3 Å². The zero-order valence-corrected chi connectivity index (χ0v) is 6.18. The van der Waals surface area contributed by atoms with Crippen molar-refractivity contribution in [1.29, 1.82) is 0 Å². The molecule has 0 aromatic carbocycles.